The Labute approximate surface area is 80.2 Å². The summed E-state index contributed by atoms with van der Waals surface area (Å²) in [5, 5.41) is 1.54. The second-order valence-corrected chi connectivity index (χ2v) is 3.16. The number of hydrogen-bond donors (Lipinski definition) is 0. The first-order valence-corrected chi connectivity index (χ1v) is 4.18. The van der Waals surface area contributed by atoms with Gasteiger partial charge in [-0.15, -0.1) is 0 Å². The summed E-state index contributed by atoms with van der Waals surface area (Å²) in [5.41, 5.74) is 1.41. The van der Waals surface area contributed by atoms with Gasteiger partial charge in [-0.25, -0.2) is 0 Å². The summed E-state index contributed by atoms with van der Waals surface area (Å²) < 4.78 is 0. The molecule has 0 aliphatic carbocycles. The molecule has 3 heteroatoms. The number of carbonyl (C=O) groups excluding carboxylic acids is 1. The summed E-state index contributed by atoms with van der Waals surface area (Å²) in [6.45, 7) is 0. The molecule has 0 amide bonds. The zero-order chi connectivity index (χ0) is 9.26. The minimum Gasteiger partial charge on any atom is -0.298 e. The van der Waals surface area contributed by atoms with E-state index in [1.54, 1.807) is 24.4 Å². The number of rotatable bonds is 1. The highest BCUT2D eigenvalue weighted by Crippen LogP contribution is 2.17. The Balaban J connectivity index is 2.74. The van der Waals surface area contributed by atoms with Crippen LogP contribution >= 0.6 is 11.6 Å². The highest BCUT2D eigenvalue weighted by molar-refractivity contribution is 6.31. The summed E-state index contributed by atoms with van der Waals surface area (Å²) in [6, 6.07) is 7.15. The first-order valence-electron chi connectivity index (χ1n) is 3.80. The Bertz CT molecular complexity index is 467. The molecule has 0 unspecified atom stereocenters. The molecule has 13 heavy (non-hydrogen) atoms. The number of carbonyl (C=O) groups is 1. The Morgan fingerprint density at radius 1 is 1.31 bits per heavy atom. The van der Waals surface area contributed by atoms with Crippen LogP contribution in [0.15, 0.2) is 30.5 Å². The van der Waals surface area contributed by atoms with Crippen molar-refractivity contribution in [2.45, 2.75) is 0 Å². The maximum atomic E-state index is 10.5. The zero-order valence-corrected chi connectivity index (χ0v) is 7.45. The standard InChI is InChI=1S/C10H6ClNO/c11-9-1-2-10-8(4-9)3-7(6-13)5-12-10/h1-6H. The molecule has 0 fully saturated rings. The van der Waals surface area contributed by atoms with Crippen LogP contribution in [0.1, 0.15) is 10.4 Å². The summed E-state index contributed by atoms with van der Waals surface area (Å²) in [5.74, 6) is 0. The molecule has 0 aliphatic rings. The SMILES string of the molecule is O=Cc1cnc2ccc(Cl)cc2c1. The minimum atomic E-state index is 0.565. The van der Waals surface area contributed by atoms with Crippen LogP contribution in [0, 0.1) is 0 Å². The molecule has 1 heterocycles. The number of pyridine rings is 1. The highest BCUT2D eigenvalue weighted by atomic mass is 35.5. The molecular formula is C10H6ClNO. The summed E-state index contributed by atoms with van der Waals surface area (Å²) in [7, 11) is 0. The summed E-state index contributed by atoms with van der Waals surface area (Å²) in [4.78, 5) is 14.6. The molecule has 0 bridgehead atoms. The first kappa shape index (κ1) is 8.20. The predicted molar refractivity (Wildman–Crippen MR) is 52.1 cm³/mol. The molecule has 0 saturated carbocycles. The average molecular weight is 192 g/mol. The van der Waals surface area contributed by atoms with Crippen molar-refractivity contribution in [2.75, 3.05) is 0 Å². The van der Waals surface area contributed by atoms with Crippen molar-refractivity contribution in [1.29, 1.82) is 0 Å². The topological polar surface area (TPSA) is 30.0 Å². The molecular weight excluding hydrogens is 186 g/mol. The molecule has 2 nitrogen and oxygen atoms in total. The van der Waals surface area contributed by atoms with E-state index < -0.39 is 0 Å². The monoisotopic (exact) mass is 191 g/mol. The van der Waals surface area contributed by atoms with Crippen LogP contribution in [0.3, 0.4) is 0 Å². The molecule has 64 valence electrons. The van der Waals surface area contributed by atoms with Crippen molar-refractivity contribution in [3.05, 3.63) is 41.0 Å². The van der Waals surface area contributed by atoms with E-state index in [0.717, 1.165) is 17.2 Å². The fourth-order valence-electron chi connectivity index (χ4n) is 1.18. The Morgan fingerprint density at radius 2 is 2.15 bits per heavy atom. The summed E-state index contributed by atoms with van der Waals surface area (Å²) >= 11 is 5.80. The van der Waals surface area contributed by atoms with Gasteiger partial charge in [-0.1, -0.05) is 11.6 Å². The molecule has 0 N–H and O–H groups in total. The van der Waals surface area contributed by atoms with Crippen LogP contribution in [0.2, 0.25) is 5.02 Å². The fraction of sp³-hybridized carbons (Fsp3) is 0. The average Bonchev–Trinajstić information content (AvgIpc) is 2.16. The number of aromatic nitrogens is 1. The van der Waals surface area contributed by atoms with E-state index >= 15 is 0 Å². The maximum Gasteiger partial charge on any atom is 0.151 e. The number of nitrogens with zero attached hydrogens (tertiary/aromatic N) is 1. The van der Waals surface area contributed by atoms with Gasteiger partial charge in [0, 0.05) is 22.2 Å². The van der Waals surface area contributed by atoms with E-state index in [9.17, 15) is 4.79 Å². The smallest absolute Gasteiger partial charge is 0.151 e. The predicted octanol–water partition coefficient (Wildman–Crippen LogP) is 2.70. The number of aldehydes is 1. The van der Waals surface area contributed by atoms with Gasteiger partial charge in [-0.3, -0.25) is 9.78 Å². The normalized spacial score (nSPS) is 10.2. The van der Waals surface area contributed by atoms with E-state index in [4.69, 9.17) is 11.6 Å². The van der Waals surface area contributed by atoms with E-state index in [0.29, 0.717) is 10.6 Å². The molecule has 1 aromatic carbocycles. The van der Waals surface area contributed by atoms with Gasteiger partial charge in [0.15, 0.2) is 6.29 Å². The second kappa shape index (κ2) is 3.15. The fourth-order valence-corrected chi connectivity index (χ4v) is 1.36. The Morgan fingerprint density at radius 3 is 2.92 bits per heavy atom. The van der Waals surface area contributed by atoms with E-state index in [2.05, 4.69) is 4.98 Å². The van der Waals surface area contributed by atoms with Crippen LogP contribution < -0.4 is 0 Å². The van der Waals surface area contributed by atoms with Gasteiger partial charge in [-0.05, 0) is 24.3 Å². The van der Waals surface area contributed by atoms with E-state index in [1.165, 1.54) is 0 Å². The van der Waals surface area contributed by atoms with Crippen molar-refractivity contribution < 1.29 is 4.79 Å². The third-order valence-corrected chi connectivity index (χ3v) is 2.04. The van der Waals surface area contributed by atoms with Crippen LogP contribution in [-0.4, -0.2) is 11.3 Å². The van der Waals surface area contributed by atoms with Gasteiger partial charge < -0.3 is 0 Å². The third kappa shape index (κ3) is 1.53. The molecule has 0 atom stereocenters. The molecule has 0 radical (unpaired) electrons. The number of benzene rings is 1. The van der Waals surface area contributed by atoms with Crippen molar-refractivity contribution >= 4 is 28.8 Å². The second-order valence-electron chi connectivity index (χ2n) is 2.72. The van der Waals surface area contributed by atoms with E-state index in [-0.39, 0.29) is 0 Å². The number of fused-ring (bicyclic) bond motifs is 1. The number of halogens is 1. The van der Waals surface area contributed by atoms with Crippen LogP contribution in [0.4, 0.5) is 0 Å². The lowest BCUT2D eigenvalue weighted by Crippen LogP contribution is -1.83. The van der Waals surface area contributed by atoms with Crippen molar-refractivity contribution in [3.63, 3.8) is 0 Å². The Hall–Kier alpha value is -1.41. The van der Waals surface area contributed by atoms with Gasteiger partial charge in [0.1, 0.15) is 0 Å². The number of hydrogen-bond acceptors (Lipinski definition) is 2. The van der Waals surface area contributed by atoms with Crippen LogP contribution in [0.5, 0.6) is 0 Å². The van der Waals surface area contributed by atoms with Gasteiger partial charge in [-0.2, -0.15) is 0 Å². The summed E-state index contributed by atoms with van der Waals surface area (Å²) in [6.07, 6.45) is 2.32. The van der Waals surface area contributed by atoms with Gasteiger partial charge in [0.05, 0.1) is 5.52 Å². The molecule has 2 rings (SSSR count). The molecule has 2 aromatic rings. The van der Waals surface area contributed by atoms with Crippen molar-refractivity contribution in [3.8, 4) is 0 Å². The van der Waals surface area contributed by atoms with Crippen molar-refractivity contribution in [2.24, 2.45) is 0 Å². The largest absolute Gasteiger partial charge is 0.298 e. The molecule has 0 saturated heterocycles. The van der Waals surface area contributed by atoms with Crippen LogP contribution in [-0.2, 0) is 0 Å². The first-order chi connectivity index (χ1) is 6.29. The minimum absolute atomic E-state index is 0.565. The highest BCUT2D eigenvalue weighted by Gasteiger charge is 1.97. The van der Waals surface area contributed by atoms with Gasteiger partial charge in [0.25, 0.3) is 0 Å². The lowest BCUT2D eigenvalue weighted by Gasteiger charge is -1.97. The molecule has 0 aliphatic heterocycles. The third-order valence-electron chi connectivity index (χ3n) is 1.80. The van der Waals surface area contributed by atoms with Crippen LogP contribution in [0.25, 0.3) is 10.9 Å². The Kier molecular flexibility index (Phi) is 1.99. The maximum absolute atomic E-state index is 10.5. The molecule has 0 spiro atoms. The lowest BCUT2D eigenvalue weighted by molar-refractivity contribution is 0.112. The quantitative estimate of drug-likeness (QED) is 0.649. The van der Waals surface area contributed by atoms with E-state index in [1.807, 2.05) is 6.07 Å². The molecule has 1 aromatic heterocycles. The lowest BCUT2D eigenvalue weighted by atomic mass is 10.2. The van der Waals surface area contributed by atoms with Crippen molar-refractivity contribution in [1.82, 2.24) is 4.98 Å². The van der Waals surface area contributed by atoms with Gasteiger partial charge in [0.2, 0.25) is 0 Å². The zero-order valence-electron chi connectivity index (χ0n) is 6.70. The van der Waals surface area contributed by atoms with Gasteiger partial charge >= 0.3 is 0 Å².